The Bertz CT molecular complexity index is 116. The Labute approximate surface area is 71.7 Å². The van der Waals surface area contributed by atoms with Crippen LogP contribution in [0.2, 0.25) is 0 Å². The molecule has 0 aromatic carbocycles. The summed E-state index contributed by atoms with van der Waals surface area (Å²) < 4.78 is 0. The van der Waals surface area contributed by atoms with E-state index in [4.69, 9.17) is 0 Å². The van der Waals surface area contributed by atoms with E-state index in [9.17, 15) is 0 Å². The molecule has 0 aromatic heterocycles. The summed E-state index contributed by atoms with van der Waals surface area (Å²) in [7, 11) is 0. The van der Waals surface area contributed by atoms with Crippen LogP contribution in [0.3, 0.4) is 0 Å². The zero-order chi connectivity index (χ0) is 8.85. The molecule has 0 saturated carbocycles. The lowest BCUT2D eigenvalue weighted by Gasteiger charge is -2.16. The summed E-state index contributed by atoms with van der Waals surface area (Å²) in [6.45, 7) is 11.2. The number of allylic oxidation sites excluding steroid dienone is 2. The molecule has 11 heavy (non-hydrogen) atoms. The van der Waals surface area contributed by atoms with Gasteiger partial charge in [0.05, 0.1) is 0 Å². The lowest BCUT2D eigenvalue weighted by Crippen LogP contribution is -2.05. The number of hydrogen-bond acceptors (Lipinski definition) is 0. The van der Waals surface area contributed by atoms with Crippen LogP contribution in [-0.2, 0) is 0 Å². The van der Waals surface area contributed by atoms with Crippen LogP contribution < -0.4 is 0 Å². The molecule has 1 atom stereocenters. The fourth-order valence-corrected chi connectivity index (χ4v) is 1.37. The summed E-state index contributed by atoms with van der Waals surface area (Å²) >= 11 is 0. The van der Waals surface area contributed by atoms with Crippen molar-refractivity contribution in [3.05, 3.63) is 11.6 Å². The van der Waals surface area contributed by atoms with Crippen molar-refractivity contribution in [2.75, 3.05) is 0 Å². The molecule has 0 fully saturated rings. The van der Waals surface area contributed by atoms with Gasteiger partial charge in [-0.3, -0.25) is 0 Å². The second kappa shape index (κ2) is 5.40. The van der Waals surface area contributed by atoms with E-state index in [1.165, 1.54) is 18.4 Å². The predicted octanol–water partition coefficient (Wildman–Crippen LogP) is 4.02. The molecule has 0 amide bonds. The molecule has 0 aromatic rings. The molecule has 0 rings (SSSR count). The molecule has 0 saturated heterocycles. The second-order valence-electron chi connectivity index (χ2n) is 3.94. The molecule has 0 unspecified atom stereocenters. The quantitative estimate of drug-likeness (QED) is 0.536. The van der Waals surface area contributed by atoms with E-state index in [0.29, 0.717) is 0 Å². The first-order chi connectivity index (χ1) is 5.07. The van der Waals surface area contributed by atoms with Gasteiger partial charge in [-0.05, 0) is 32.1 Å². The highest BCUT2D eigenvalue weighted by atomic mass is 14.1. The molecule has 0 spiro atoms. The zero-order valence-corrected chi connectivity index (χ0v) is 8.65. The van der Waals surface area contributed by atoms with Crippen LogP contribution in [0.25, 0.3) is 0 Å². The standard InChI is InChI=1S/C11H22/c1-6-7-11(10(4)5)8-9(2)3/h8,10-11H,6-7H2,1-5H3/t11-/m1/s1. The summed E-state index contributed by atoms with van der Waals surface area (Å²) in [6.07, 6.45) is 5.05. The first kappa shape index (κ1) is 10.7. The normalized spacial score (nSPS) is 13.3. The minimum Gasteiger partial charge on any atom is -0.0825 e. The summed E-state index contributed by atoms with van der Waals surface area (Å²) in [5.74, 6) is 1.59. The van der Waals surface area contributed by atoms with Crippen molar-refractivity contribution in [3.8, 4) is 0 Å². The van der Waals surface area contributed by atoms with Gasteiger partial charge >= 0.3 is 0 Å². The van der Waals surface area contributed by atoms with Gasteiger partial charge in [-0.2, -0.15) is 0 Å². The Morgan fingerprint density at radius 3 is 2.09 bits per heavy atom. The highest BCUT2D eigenvalue weighted by Crippen LogP contribution is 2.19. The Morgan fingerprint density at radius 2 is 1.82 bits per heavy atom. The fraction of sp³-hybridized carbons (Fsp3) is 0.818. The zero-order valence-electron chi connectivity index (χ0n) is 8.65. The fourth-order valence-electron chi connectivity index (χ4n) is 1.37. The Kier molecular flexibility index (Phi) is 5.27. The van der Waals surface area contributed by atoms with Gasteiger partial charge in [-0.1, -0.05) is 38.8 Å². The first-order valence-corrected chi connectivity index (χ1v) is 4.73. The van der Waals surface area contributed by atoms with Crippen molar-refractivity contribution in [2.24, 2.45) is 11.8 Å². The van der Waals surface area contributed by atoms with Gasteiger partial charge in [-0.25, -0.2) is 0 Å². The van der Waals surface area contributed by atoms with Gasteiger partial charge in [0.25, 0.3) is 0 Å². The van der Waals surface area contributed by atoms with Crippen LogP contribution in [-0.4, -0.2) is 0 Å². The topological polar surface area (TPSA) is 0 Å². The predicted molar refractivity (Wildman–Crippen MR) is 52.7 cm³/mol. The van der Waals surface area contributed by atoms with E-state index < -0.39 is 0 Å². The summed E-state index contributed by atoms with van der Waals surface area (Å²) in [4.78, 5) is 0. The van der Waals surface area contributed by atoms with Crippen LogP contribution in [0, 0.1) is 11.8 Å². The van der Waals surface area contributed by atoms with Crippen LogP contribution in [0.1, 0.15) is 47.5 Å². The van der Waals surface area contributed by atoms with E-state index in [-0.39, 0.29) is 0 Å². The molecule has 0 aliphatic carbocycles. The van der Waals surface area contributed by atoms with Crippen LogP contribution in [0.15, 0.2) is 11.6 Å². The molecule has 0 nitrogen and oxygen atoms in total. The largest absolute Gasteiger partial charge is 0.0825 e. The van der Waals surface area contributed by atoms with Crippen molar-refractivity contribution in [1.29, 1.82) is 0 Å². The van der Waals surface area contributed by atoms with Crippen LogP contribution in [0.5, 0.6) is 0 Å². The molecular weight excluding hydrogens is 132 g/mol. The molecular formula is C11H22. The van der Waals surface area contributed by atoms with Crippen LogP contribution >= 0.6 is 0 Å². The Morgan fingerprint density at radius 1 is 1.27 bits per heavy atom. The van der Waals surface area contributed by atoms with Gasteiger partial charge in [0.1, 0.15) is 0 Å². The molecule has 0 bridgehead atoms. The average Bonchev–Trinajstić information content (AvgIpc) is 1.86. The van der Waals surface area contributed by atoms with E-state index in [0.717, 1.165) is 11.8 Å². The maximum Gasteiger partial charge on any atom is -0.0208 e. The summed E-state index contributed by atoms with van der Waals surface area (Å²) in [6, 6.07) is 0. The van der Waals surface area contributed by atoms with E-state index in [1.807, 2.05) is 0 Å². The van der Waals surface area contributed by atoms with Gasteiger partial charge in [-0.15, -0.1) is 0 Å². The summed E-state index contributed by atoms with van der Waals surface area (Å²) in [5, 5.41) is 0. The minimum absolute atomic E-state index is 0.796. The lowest BCUT2D eigenvalue weighted by atomic mass is 9.90. The highest BCUT2D eigenvalue weighted by Gasteiger charge is 2.07. The highest BCUT2D eigenvalue weighted by molar-refractivity contribution is 4.98. The number of rotatable bonds is 4. The molecule has 0 radical (unpaired) electrons. The van der Waals surface area contributed by atoms with Gasteiger partial charge < -0.3 is 0 Å². The lowest BCUT2D eigenvalue weighted by molar-refractivity contribution is 0.430. The Balaban J connectivity index is 4.00. The second-order valence-corrected chi connectivity index (χ2v) is 3.94. The maximum atomic E-state index is 2.41. The van der Waals surface area contributed by atoms with E-state index in [2.05, 4.69) is 40.7 Å². The Hall–Kier alpha value is -0.260. The van der Waals surface area contributed by atoms with Crippen LogP contribution in [0.4, 0.5) is 0 Å². The van der Waals surface area contributed by atoms with Gasteiger partial charge in [0, 0.05) is 0 Å². The van der Waals surface area contributed by atoms with Crippen molar-refractivity contribution in [2.45, 2.75) is 47.5 Å². The van der Waals surface area contributed by atoms with Crippen molar-refractivity contribution < 1.29 is 0 Å². The monoisotopic (exact) mass is 154 g/mol. The van der Waals surface area contributed by atoms with Crippen molar-refractivity contribution in [1.82, 2.24) is 0 Å². The van der Waals surface area contributed by atoms with E-state index in [1.54, 1.807) is 0 Å². The third-order valence-electron chi connectivity index (χ3n) is 2.03. The van der Waals surface area contributed by atoms with E-state index >= 15 is 0 Å². The van der Waals surface area contributed by atoms with Crippen molar-refractivity contribution >= 4 is 0 Å². The molecule has 0 heterocycles. The molecule has 66 valence electrons. The third kappa shape index (κ3) is 5.06. The maximum absolute atomic E-state index is 2.41. The molecule has 0 aliphatic rings. The third-order valence-corrected chi connectivity index (χ3v) is 2.03. The number of hydrogen-bond donors (Lipinski definition) is 0. The first-order valence-electron chi connectivity index (χ1n) is 4.73. The van der Waals surface area contributed by atoms with Crippen molar-refractivity contribution in [3.63, 3.8) is 0 Å². The molecule has 0 N–H and O–H groups in total. The van der Waals surface area contributed by atoms with Gasteiger partial charge in [0.15, 0.2) is 0 Å². The summed E-state index contributed by atoms with van der Waals surface area (Å²) in [5.41, 5.74) is 1.46. The molecule has 0 heteroatoms. The van der Waals surface area contributed by atoms with Gasteiger partial charge in [0.2, 0.25) is 0 Å². The SMILES string of the molecule is CCC[C@H](C=C(C)C)C(C)C. The average molecular weight is 154 g/mol. The smallest absolute Gasteiger partial charge is 0.0208 e. The molecule has 0 aliphatic heterocycles. The minimum atomic E-state index is 0.796.